The van der Waals surface area contributed by atoms with Gasteiger partial charge in [0.05, 0.1) is 11.0 Å². The van der Waals surface area contributed by atoms with E-state index < -0.39 is 0 Å². The number of para-hydroxylation sites is 1. The van der Waals surface area contributed by atoms with E-state index in [1.54, 1.807) is 11.3 Å². The molecule has 0 aliphatic rings. The van der Waals surface area contributed by atoms with Crippen LogP contribution in [0.4, 0.5) is 0 Å². The Morgan fingerprint density at radius 1 is 0.362 bits per heavy atom. The molecule has 11 rings (SSSR count). The molecule has 0 atom stereocenters. The average Bonchev–Trinajstić information content (AvgIpc) is 3.93. The number of nitrogens with zero attached hydrogens (tertiary/aromatic N) is 2. The van der Waals surface area contributed by atoms with E-state index in [-0.39, 0.29) is 21.9 Å². The Hall–Kier alpha value is -5.97. The number of fused-ring (bicyclic) bond motifs is 9. The van der Waals surface area contributed by atoms with Crippen molar-refractivity contribution in [2.45, 2.75) is 0 Å². The van der Waals surface area contributed by atoms with Crippen molar-refractivity contribution in [1.29, 1.82) is 0 Å². The van der Waals surface area contributed by atoms with E-state index in [1.165, 1.54) is 4.70 Å². The van der Waals surface area contributed by atoms with Crippen LogP contribution >= 0.6 is 11.3 Å². The molecule has 0 N–H and O–H groups in total. The molecule has 0 spiro atoms. The van der Waals surface area contributed by atoms with Crippen LogP contribution in [-0.2, 0) is 0 Å². The number of aromatic nitrogens is 2. The topological polar surface area (TPSA) is 9.86 Å². The van der Waals surface area contributed by atoms with E-state index in [0.29, 0.717) is 43.8 Å². The summed E-state index contributed by atoms with van der Waals surface area (Å²) in [7, 11) is 48.7. The zero-order valence-electron chi connectivity index (χ0n) is 31.1. The maximum absolute atomic E-state index is 7.39. The van der Waals surface area contributed by atoms with Crippen molar-refractivity contribution in [2.75, 3.05) is 0 Å². The fourth-order valence-corrected chi connectivity index (χ4v) is 10.1. The highest BCUT2D eigenvalue weighted by molar-refractivity contribution is 7.25. The third-order valence-electron chi connectivity index (χ3n) is 11.7. The second kappa shape index (κ2) is 13.0. The van der Waals surface area contributed by atoms with Gasteiger partial charge in [0.15, 0.2) is 0 Å². The first kappa shape index (κ1) is 35.2. The number of hydrogen-bond acceptors (Lipinski definition) is 1. The largest absolute Gasteiger partial charge is 0.311 e. The van der Waals surface area contributed by atoms with Crippen molar-refractivity contribution in [1.82, 2.24) is 9.13 Å². The van der Waals surface area contributed by atoms with Gasteiger partial charge < -0.3 is 9.13 Å². The summed E-state index contributed by atoms with van der Waals surface area (Å²) in [5.74, 6) is 0. The maximum atomic E-state index is 7.39. The lowest BCUT2D eigenvalue weighted by Gasteiger charge is -2.19. The minimum atomic E-state index is 0.184. The fraction of sp³-hybridized carbons (Fsp3) is 0. The molecule has 3 aromatic heterocycles. The van der Waals surface area contributed by atoms with Crippen molar-refractivity contribution in [3.05, 3.63) is 140 Å². The van der Waals surface area contributed by atoms with Crippen molar-refractivity contribution in [3.63, 3.8) is 0 Å². The zero-order valence-corrected chi connectivity index (χ0v) is 31.9. The van der Waals surface area contributed by atoms with Gasteiger partial charge in [0.2, 0.25) is 0 Å². The predicted octanol–water partition coefficient (Wildman–Crippen LogP) is 5.14. The van der Waals surface area contributed by atoms with Gasteiger partial charge in [0.1, 0.15) is 54.9 Å². The van der Waals surface area contributed by atoms with E-state index in [0.717, 1.165) is 65.3 Å². The second-order valence-corrected chi connectivity index (χ2v) is 15.9. The predicted molar refractivity (Wildman–Crippen MR) is 257 cm³/mol. The van der Waals surface area contributed by atoms with Gasteiger partial charge in [0.25, 0.3) is 0 Å². The first-order valence-electron chi connectivity index (χ1n) is 18.9. The lowest BCUT2D eigenvalue weighted by Crippen LogP contribution is -2.48. The highest BCUT2D eigenvalue weighted by atomic mass is 32.1. The van der Waals surface area contributed by atoms with Gasteiger partial charge in [-0.15, -0.1) is 22.3 Å². The van der Waals surface area contributed by atoms with Crippen LogP contribution in [-0.4, -0.2) is 64.1 Å². The summed E-state index contributed by atoms with van der Waals surface area (Å²) in [6, 6.07) is 48.2. The Morgan fingerprint density at radius 2 is 1.02 bits per heavy atom. The Morgan fingerprint density at radius 3 is 1.79 bits per heavy atom. The van der Waals surface area contributed by atoms with Gasteiger partial charge in [-0.05, 0) is 82.2 Å². The molecule has 14 radical (unpaired) electrons. The van der Waals surface area contributed by atoms with E-state index >= 15 is 0 Å². The van der Waals surface area contributed by atoms with Crippen LogP contribution in [0.1, 0.15) is 0 Å². The fourth-order valence-electron chi connectivity index (χ4n) is 9.05. The van der Waals surface area contributed by atoms with E-state index in [1.807, 2.05) is 34.9 Å². The smallest absolute Gasteiger partial charge is 0.115 e. The van der Waals surface area contributed by atoms with Crippen LogP contribution in [0.25, 0.3) is 97.4 Å². The minimum absolute atomic E-state index is 0.184. The number of rotatable bonds is 4. The van der Waals surface area contributed by atoms with Crippen LogP contribution in [0.15, 0.2) is 140 Å². The molecule has 0 amide bonds. The lowest BCUT2D eigenvalue weighted by molar-refractivity contribution is 1.18. The zero-order chi connectivity index (χ0) is 39.6. The Labute approximate surface area is 348 Å². The van der Waals surface area contributed by atoms with Crippen molar-refractivity contribution < 1.29 is 0 Å². The summed E-state index contributed by atoms with van der Waals surface area (Å²) in [6.45, 7) is 0. The molecule has 0 saturated carbocycles. The molecule has 10 heteroatoms. The quantitative estimate of drug-likeness (QED) is 0.222. The second-order valence-electron chi connectivity index (χ2n) is 14.8. The van der Waals surface area contributed by atoms with Crippen LogP contribution in [0.5, 0.6) is 0 Å². The molecule has 0 saturated heterocycles. The maximum Gasteiger partial charge on any atom is 0.115 e. The van der Waals surface area contributed by atoms with Crippen molar-refractivity contribution in [2.24, 2.45) is 0 Å². The van der Waals surface area contributed by atoms with Gasteiger partial charge in [-0.2, -0.15) is 0 Å². The van der Waals surface area contributed by atoms with Gasteiger partial charge in [-0.25, -0.2) is 0 Å². The Balaban J connectivity index is 1.24. The summed E-state index contributed by atoms with van der Waals surface area (Å²) >= 11 is 1.74. The third kappa shape index (κ3) is 4.88. The van der Waals surface area contributed by atoms with Gasteiger partial charge in [-0.1, -0.05) is 112 Å². The Kier molecular flexibility index (Phi) is 7.91. The Bertz CT molecular complexity index is 3530. The van der Waals surface area contributed by atoms with E-state index in [9.17, 15) is 0 Å². The van der Waals surface area contributed by atoms with Crippen LogP contribution < -0.4 is 38.2 Å². The van der Waals surface area contributed by atoms with Crippen LogP contribution in [0.3, 0.4) is 0 Å². The molecule has 0 aliphatic carbocycles. The molecular weight excluding hydrogens is 712 g/mol. The summed E-state index contributed by atoms with van der Waals surface area (Å²) in [5.41, 5.74) is 10.7. The highest BCUT2D eigenvalue weighted by Gasteiger charge is 2.25. The molecular formula is C48H23B7N2S. The first-order chi connectivity index (χ1) is 28.2. The number of thiophene rings is 1. The first-order valence-corrected chi connectivity index (χ1v) is 19.7. The summed E-state index contributed by atoms with van der Waals surface area (Å²) in [6.07, 6.45) is 0. The molecule has 0 bridgehead atoms. The molecule has 2 nitrogen and oxygen atoms in total. The number of hydrogen-bond donors (Lipinski definition) is 0. The van der Waals surface area contributed by atoms with E-state index in [4.69, 9.17) is 54.9 Å². The summed E-state index contributed by atoms with van der Waals surface area (Å²) in [4.78, 5) is 0. The SMILES string of the molecule is [B]c1c([B])c([B])c2c(c1[B])c1c([B])c(-c3ccc4c(c3)c3c(-c5ccccc5)cccc3n4-c3ccccc3)c([B])c([B])c1n2-c1ccc2sc3ccccc3c2c1. The number of benzene rings is 8. The molecule has 0 unspecified atom stereocenters. The summed E-state index contributed by atoms with van der Waals surface area (Å²) in [5, 5.41) is 5.54. The van der Waals surface area contributed by atoms with Crippen molar-refractivity contribution >= 4 is 168 Å². The molecule has 0 aliphatic heterocycles. The van der Waals surface area contributed by atoms with Crippen LogP contribution in [0.2, 0.25) is 0 Å². The molecule has 252 valence electrons. The molecule has 3 heterocycles. The minimum Gasteiger partial charge on any atom is -0.311 e. The molecule has 58 heavy (non-hydrogen) atoms. The molecule has 0 fully saturated rings. The van der Waals surface area contributed by atoms with Crippen LogP contribution in [0, 0.1) is 0 Å². The lowest BCUT2D eigenvalue weighted by atomic mass is 9.64. The summed E-state index contributed by atoms with van der Waals surface area (Å²) < 4.78 is 6.61. The van der Waals surface area contributed by atoms with E-state index in [2.05, 4.69) is 114 Å². The monoisotopic (exact) mass is 736 g/mol. The third-order valence-corrected chi connectivity index (χ3v) is 12.9. The van der Waals surface area contributed by atoms with Crippen molar-refractivity contribution in [3.8, 4) is 33.6 Å². The normalized spacial score (nSPS) is 11.9. The average molecular weight is 735 g/mol. The molecule has 11 aromatic rings. The molecule has 8 aromatic carbocycles. The standard InChI is InChI=1S/C48H23B7N2S/c49-40-36(25-18-20-32-31(22-25)37-28(24-10-3-1-4-11-24)15-9-16-33(37)56(32)26-12-5-2-6-13-26)41(50)45(54)47-38(40)39-42(51)43(52)44(53)46(55)48(39)57(47)27-19-21-35-30(23-27)29-14-7-8-17-34(29)58-35/h1-23H. The van der Waals surface area contributed by atoms with Gasteiger partial charge in [-0.3, -0.25) is 0 Å². The van der Waals surface area contributed by atoms with Gasteiger partial charge >= 0.3 is 0 Å². The van der Waals surface area contributed by atoms with Gasteiger partial charge in [0, 0.05) is 58.7 Å². The highest BCUT2D eigenvalue weighted by Crippen LogP contribution is 2.41.